The number of hydrogen-bond donors (Lipinski definition) is 3. The van der Waals surface area contributed by atoms with Gasteiger partial charge in [0.2, 0.25) is 0 Å². The summed E-state index contributed by atoms with van der Waals surface area (Å²) in [4.78, 5) is 25.3. The smallest absolute Gasteiger partial charge is 0.326 e. The fourth-order valence-corrected chi connectivity index (χ4v) is 4.53. The van der Waals surface area contributed by atoms with Crippen molar-refractivity contribution < 1.29 is 19.4 Å². The normalized spacial score (nSPS) is 11.4. The second kappa shape index (κ2) is 14.2. The number of aliphatic carboxylic acids is 1. The molecule has 4 aromatic carbocycles. The summed E-state index contributed by atoms with van der Waals surface area (Å²) in [5, 5.41) is 16.2. The van der Waals surface area contributed by atoms with Crippen LogP contribution in [0.5, 0.6) is 11.5 Å². The van der Waals surface area contributed by atoms with E-state index in [0.29, 0.717) is 22.8 Å². The van der Waals surface area contributed by atoms with E-state index in [9.17, 15) is 14.7 Å². The molecule has 0 saturated heterocycles. The molecule has 0 fully saturated rings. The van der Waals surface area contributed by atoms with Crippen LogP contribution >= 0.6 is 11.6 Å². The van der Waals surface area contributed by atoms with Gasteiger partial charge in [0.1, 0.15) is 17.5 Å². The summed E-state index contributed by atoms with van der Waals surface area (Å²) >= 11 is 6.16. The minimum atomic E-state index is -1.11. The number of halogens is 1. The van der Waals surface area contributed by atoms with Crippen LogP contribution < -0.4 is 15.4 Å². The Morgan fingerprint density at radius 3 is 2.35 bits per heavy atom. The molecule has 0 aliphatic carbocycles. The summed E-state index contributed by atoms with van der Waals surface area (Å²) in [6.45, 7) is 2.84. The second-order valence-electron chi connectivity index (χ2n) is 9.50. The number of unbranched alkanes of at least 4 members (excludes halogenated alkanes) is 2. The first kappa shape index (κ1) is 28.7. The lowest BCUT2D eigenvalue weighted by Gasteiger charge is -2.18. The van der Waals surface area contributed by atoms with Crippen molar-refractivity contribution in [2.24, 2.45) is 0 Å². The van der Waals surface area contributed by atoms with E-state index >= 15 is 0 Å². The minimum absolute atomic E-state index is 0.128. The predicted molar refractivity (Wildman–Crippen MR) is 160 cm³/mol. The van der Waals surface area contributed by atoms with Gasteiger partial charge in [-0.1, -0.05) is 92.0 Å². The van der Waals surface area contributed by atoms with Gasteiger partial charge in [0.05, 0.1) is 5.56 Å². The van der Waals surface area contributed by atoms with Crippen LogP contribution in [0, 0.1) is 0 Å². The van der Waals surface area contributed by atoms with Crippen molar-refractivity contribution in [2.75, 3.05) is 11.9 Å². The Morgan fingerprint density at radius 2 is 1.62 bits per heavy atom. The number of anilines is 1. The van der Waals surface area contributed by atoms with Crippen molar-refractivity contribution in [1.82, 2.24) is 5.32 Å². The standard InChI is InChI=1S/C33H33ClN2O4/c1-2-3-9-20-35-29-19-18-25(34)22-28(29)32(37)36-30(33(38)39)21-23-14-16-24(17-15-23)27-12-7-8-13-31(27)40-26-10-5-4-6-11-26/h4-8,10-19,22,30,35H,2-3,9,20-21H2,1H3,(H,36,37)(H,38,39). The van der Waals surface area contributed by atoms with Gasteiger partial charge in [0.15, 0.2) is 0 Å². The fraction of sp³-hybridized carbons (Fsp3) is 0.212. The Morgan fingerprint density at radius 1 is 0.900 bits per heavy atom. The number of carbonyl (C=O) groups excluding carboxylic acids is 1. The molecule has 6 nitrogen and oxygen atoms in total. The third kappa shape index (κ3) is 7.87. The molecule has 0 aliphatic heterocycles. The molecule has 7 heteroatoms. The molecule has 206 valence electrons. The highest BCUT2D eigenvalue weighted by atomic mass is 35.5. The third-order valence-corrected chi connectivity index (χ3v) is 6.72. The summed E-state index contributed by atoms with van der Waals surface area (Å²) < 4.78 is 6.09. The number of nitrogens with one attached hydrogen (secondary N) is 2. The maximum Gasteiger partial charge on any atom is 0.326 e. The monoisotopic (exact) mass is 556 g/mol. The van der Waals surface area contributed by atoms with Crippen molar-refractivity contribution in [3.8, 4) is 22.6 Å². The van der Waals surface area contributed by atoms with Gasteiger partial charge in [-0.2, -0.15) is 0 Å². The van der Waals surface area contributed by atoms with Crippen LogP contribution in [0.25, 0.3) is 11.1 Å². The van der Waals surface area contributed by atoms with Crippen LogP contribution in [0.4, 0.5) is 5.69 Å². The summed E-state index contributed by atoms with van der Waals surface area (Å²) in [5.41, 5.74) is 3.58. The lowest BCUT2D eigenvalue weighted by Crippen LogP contribution is -2.42. The SMILES string of the molecule is CCCCCNc1ccc(Cl)cc1C(=O)NC(Cc1ccc(-c2ccccc2Oc2ccccc2)cc1)C(=O)O. The predicted octanol–water partition coefficient (Wildman–Crippen LogP) is 7.83. The van der Waals surface area contributed by atoms with Gasteiger partial charge in [0, 0.05) is 29.2 Å². The van der Waals surface area contributed by atoms with Crippen LogP contribution in [0.2, 0.25) is 5.02 Å². The third-order valence-electron chi connectivity index (χ3n) is 6.49. The van der Waals surface area contributed by atoms with E-state index in [1.807, 2.05) is 78.9 Å². The molecule has 0 aliphatic rings. The maximum absolute atomic E-state index is 13.2. The fourth-order valence-electron chi connectivity index (χ4n) is 4.36. The number of carbonyl (C=O) groups is 2. The molecule has 0 saturated carbocycles. The van der Waals surface area contributed by atoms with Crippen LogP contribution in [0.1, 0.15) is 42.1 Å². The topological polar surface area (TPSA) is 87.7 Å². The molecule has 4 rings (SSSR count). The van der Waals surface area contributed by atoms with Gasteiger partial charge in [-0.3, -0.25) is 4.79 Å². The molecule has 0 radical (unpaired) electrons. The van der Waals surface area contributed by atoms with E-state index < -0.39 is 17.9 Å². The van der Waals surface area contributed by atoms with Gasteiger partial charge in [-0.15, -0.1) is 0 Å². The van der Waals surface area contributed by atoms with E-state index in [-0.39, 0.29) is 6.42 Å². The van der Waals surface area contributed by atoms with Crippen LogP contribution in [-0.4, -0.2) is 29.6 Å². The average molecular weight is 557 g/mol. The Hall–Kier alpha value is -4.29. The largest absolute Gasteiger partial charge is 0.480 e. The molecule has 1 atom stereocenters. The van der Waals surface area contributed by atoms with Crippen molar-refractivity contribution >= 4 is 29.2 Å². The molecule has 0 aromatic heterocycles. The molecule has 40 heavy (non-hydrogen) atoms. The number of carboxylic acids is 1. The number of amides is 1. The van der Waals surface area contributed by atoms with E-state index in [2.05, 4.69) is 17.6 Å². The Balaban J connectivity index is 1.46. The first-order valence-electron chi connectivity index (χ1n) is 13.4. The van der Waals surface area contributed by atoms with Crippen molar-refractivity contribution in [3.63, 3.8) is 0 Å². The first-order chi connectivity index (χ1) is 19.4. The average Bonchev–Trinajstić information content (AvgIpc) is 2.97. The van der Waals surface area contributed by atoms with E-state index in [1.165, 1.54) is 0 Å². The summed E-state index contributed by atoms with van der Waals surface area (Å²) in [5.74, 6) is -0.140. The van der Waals surface area contributed by atoms with Crippen LogP contribution in [0.15, 0.2) is 97.1 Å². The number of rotatable bonds is 13. The van der Waals surface area contributed by atoms with Crippen LogP contribution in [-0.2, 0) is 11.2 Å². The number of ether oxygens (including phenoxy) is 1. The zero-order valence-electron chi connectivity index (χ0n) is 22.4. The Labute approximate surface area is 240 Å². The van der Waals surface area contributed by atoms with E-state index in [4.69, 9.17) is 16.3 Å². The Kier molecular flexibility index (Phi) is 10.2. The zero-order valence-corrected chi connectivity index (χ0v) is 23.2. The molecular formula is C33H33ClN2O4. The minimum Gasteiger partial charge on any atom is -0.480 e. The zero-order chi connectivity index (χ0) is 28.3. The van der Waals surface area contributed by atoms with Crippen molar-refractivity contribution in [3.05, 3.63) is 113 Å². The van der Waals surface area contributed by atoms with Gasteiger partial charge in [-0.25, -0.2) is 4.79 Å². The van der Waals surface area contributed by atoms with Gasteiger partial charge < -0.3 is 20.5 Å². The van der Waals surface area contributed by atoms with E-state index in [1.54, 1.807) is 18.2 Å². The summed E-state index contributed by atoms with van der Waals surface area (Å²) in [6, 6.07) is 28.8. The highest BCUT2D eigenvalue weighted by Gasteiger charge is 2.23. The quantitative estimate of drug-likeness (QED) is 0.146. The number of benzene rings is 4. The molecule has 1 amide bonds. The lowest BCUT2D eigenvalue weighted by atomic mass is 9.99. The highest BCUT2D eigenvalue weighted by molar-refractivity contribution is 6.31. The number of carboxylic acid groups (broad SMARTS) is 1. The van der Waals surface area contributed by atoms with Gasteiger partial charge in [0.25, 0.3) is 5.91 Å². The van der Waals surface area contributed by atoms with Gasteiger partial charge >= 0.3 is 5.97 Å². The molecule has 3 N–H and O–H groups in total. The highest BCUT2D eigenvalue weighted by Crippen LogP contribution is 2.33. The van der Waals surface area contributed by atoms with Crippen LogP contribution in [0.3, 0.4) is 0 Å². The number of hydrogen-bond acceptors (Lipinski definition) is 4. The Bertz CT molecular complexity index is 1420. The molecule has 0 spiro atoms. The van der Waals surface area contributed by atoms with E-state index in [0.717, 1.165) is 47.5 Å². The molecule has 0 bridgehead atoms. The molecule has 4 aromatic rings. The van der Waals surface area contributed by atoms with Gasteiger partial charge in [-0.05, 0) is 53.9 Å². The van der Waals surface area contributed by atoms with Crippen molar-refractivity contribution in [1.29, 1.82) is 0 Å². The molecule has 1 unspecified atom stereocenters. The summed E-state index contributed by atoms with van der Waals surface area (Å²) in [6.07, 6.45) is 3.26. The van der Waals surface area contributed by atoms with Crippen molar-refractivity contribution in [2.45, 2.75) is 38.6 Å². The molecular weight excluding hydrogens is 524 g/mol. The lowest BCUT2D eigenvalue weighted by molar-refractivity contribution is -0.139. The number of para-hydroxylation sites is 2. The maximum atomic E-state index is 13.2. The molecule has 0 heterocycles. The summed E-state index contributed by atoms with van der Waals surface area (Å²) in [7, 11) is 0. The second-order valence-corrected chi connectivity index (χ2v) is 9.94. The first-order valence-corrected chi connectivity index (χ1v) is 13.8.